The van der Waals surface area contributed by atoms with Gasteiger partial charge in [0.05, 0.1) is 10.2 Å². The number of ether oxygens (including phenoxy) is 2. The summed E-state index contributed by atoms with van der Waals surface area (Å²) in [6.45, 7) is 4.96. The van der Waals surface area contributed by atoms with Gasteiger partial charge in [0.15, 0.2) is 16.6 Å². The van der Waals surface area contributed by atoms with E-state index in [1.165, 1.54) is 11.3 Å². The first-order chi connectivity index (χ1) is 12.6. The third-order valence-electron chi connectivity index (χ3n) is 4.11. The normalized spacial score (nSPS) is 16.0. The van der Waals surface area contributed by atoms with Crippen LogP contribution < -0.4 is 14.4 Å². The Kier molecular flexibility index (Phi) is 4.51. The molecule has 1 aliphatic rings. The molecule has 0 bridgehead atoms. The van der Waals surface area contributed by atoms with Gasteiger partial charge in [-0.2, -0.15) is 0 Å². The Morgan fingerprint density at radius 2 is 1.92 bits per heavy atom. The maximum absolute atomic E-state index is 13.2. The van der Waals surface area contributed by atoms with Gasteiger partial charge in [-0.15, -0.1) is 0 Å². The number of aromatic nitrogens is 1. The average Bonchev–Trinajstić information content (AvgIpc) is 3.09. The van der Waals surface area contributed by atoms with Crippen LogP contribution in [-0.2, 0) is 4.79 Å². The average molecular weight is 368 g/mol. The quantitative estimate of drug-likeness (QED) is 0.695. The minimum atomic E-state index is -0.671. The molecule has 1 aromatic heterocycles. The van der Waals surface area contributed by atoms with Crippen molar-refractivity contribution in [3.63, 3.8) is 0 Å². The fourth-order valence-corrected chi connectivity index (χ4v) is 3.90. The van der Waals surface area contributed by atoms with E-state index in [2.05, 4.69) is 18.8 Å². The standard InChI is InChI=1S/C20H20N2O3S/c1-13(2)11-22(20-21-14-7-3-6-10-18(14)26-20)19(23)17-12-24-15-8-4-5-9-16(15)25-17/h3-10,13,17H,11-12H2,1-2H3/t17-/m1/s1. The monoisotopic (exact) mass is 368 g/mol. The summed E-state index contributed by atoms with van der Waals surface area (Å²) < 4.78 is 12.7. The molecule has 0 saturated carbocycles. The summed E-state index contributed by atoms with van der Waals surface area (Å²) in [5.74, 6) is 1.47. The van der Waals surface area contributed by atoms with Gasteiger partial charge in [0.2, 0.25) is 6.10 Å². The zero-order chi connectivity index (χ0) is 18.1. The Bertz CT molecular complexity index is 904. The first-order valence-electron chi connectivity index (χ1n) is 8.67. The molecule has 2 aromatic carbocycles. The van der Waals surface area contributed by atoms with Crippen LogP contribution >= 0.6 is 11.3 Å². The summed E-state index contributed by atoms with van der Waals surface area (Å²) in [6, 6.07) is 15.3. The summed E-state index contributed by atoms with van der Waals surface area (Å²) in [5.41, 5.74) is 0.903. The van der Waals surface area contributed by atoms with E-state index in [0.29, 0.717) is 29.1 Å². The lowest BCUT2D eigenvalue weighted by atomic mass is 10.2. The summed E-state index contributed by atoms with van der Waals surface area (Å²) in [6.07, 6.45) is -0.671. The van der Waals surface area contributed by atoms with Gasteiger partial charge in [-0.25, -0.2) is 4.98 Å². The van der Waals surface area contributed by atoms with Crippen LogP contribution in [0.5, 0.6) is 11.5 Å². The third kappa shape index (κ3) is 3.24. The molecule has 0 unspecified atom stereocenters. The lowest BCUT2D eigenvalue weighted by Gasteiger charge is -2.30. The highest BCUT2D eigenvalue weighted by Crippen LogP contribution is 2.33. The van der Waals surface area contributed by atoms with Gasteiger partial charge in [0.1, 0.15) is 6.61 Å². The molecule has 26 heavy (non-hydrogen) atoms. The number of amides is 1. The van der Waals surface area contributed by atoms with Crippen LogP contribution in [0.2, 0.25) is 0 Å². The van der Waals surface area contributed by atoms with E-state index in [1.807, 2.05) is 48.5 Å². The van der Waals surface area contributed by atoms with Crippen LogP contribution in [0.15, 0.2) is 48.5 Å². The fourth-order valence-electron chi connectivity index (χ4n) is 2.92. The molecule has 4 rings (SSSR count). The number of hydrogen-bond acceptors (Lipinski definition) is 5. The molecule has 0 N–H and O–H groups in total. The highest BCUT2D eigenvalue weighted by Gasteiger charge is 2.33. The summed E-state index contributed by atoms with van der Waals surface area (Å²) in [7, 11) is 0. The molecule has 1 aliphatic heterocycles. The number of hydrogen-bond donors (Lipinski definition) is 0. The molecule has 0 radical (unpaired) electrons. The lowest BCUT2D eigenvalue weighted by Crippen LogP contribution is -2.47. The van der Waals surface area contributed by atoms with Crippen molar-refractivity contribution in [1.82, 2.24) is 4.98 Å². The third-order valence-corrected chi connectivity index (χ3v) is 5.17. The summed E-state index contributed by atoms with van der Waals surface area (Å²) >= 11 is 1.52. The topological polar surface area (TPSA) is 51.7 Å². The van der Waals surface area contributed by atoms with Crippen molar-refractivity contribution < 1.29 is 14.3 Å². The molecular formula is C20H20N2O3S. The smallest absolute Gasteiger partial charge is 0.273 e. The van der Waals surface area contributed by atoms with E-state index in [9.17, 15) is 4.79 Å². The number of thiazole rings is 1. The summed E-state index contributed by atoms with van der Waals surface area (Å²) in [5, 5.41) is 0.701. The highest BCUT2D eigenvalue weighted by atomic mass is 32.1. The van der Waals surface area contributed by atoms with E-state index in [4.69, 9.17) is 9.47 Å². The van der Waals surface area contributed by atoms with E-state index in [1.54, 1.807) is 4.90 Å². The van der Waals surface area contributed by atoms with Crippen molar-refractivity contribution >= 4 is 32.6 Å². The number of nitrogens with zero attached hydrogens (tertiary/aromatic N) is 2. The molecule has 1 atom stereocenters. The number of anilines is 1. The van der Waals surface area contributed by atoms with Crippen molar-refractivity contribution in [3.05, 3.63) is 48.5 Å². The number of fused-ring (bicyclic) bond motifs is 2. The Morgan fingerprint density at radius 1 is 1.19 bits per heavy atom. The molecule has 6 heteroatoms. The first kappa shape index (κ1) is 16.8. The number of carbonyl (C=O) groups is 1. The molecule has 5 nitrogen and oxygen atoms in total. The Balaban J connectivity index is 1.63. The van der Waals surface area contributed by atoms with Gasteiger partial charge in [-0.05, 0) is 30.2 Å². The molecule has 0 fully saturated rings. The lowest BCUT2D eigenvalue weighted by molar-refractivity contribution is -0.127. The van der Waals surface area contributed by atoms with Crippen LogP contribution in [0.25, 0.3) is 10.2 Å². The predicted octanol–water partition coefficient (Wildman–Crippen LogP) is 4.13. The summed E-state index contributed by atoms with van der Waals surface area (Å²) in [4.78, 5) is 19.6. The molecule has 0 aliphatic carbocycles. The van der Waals surface area contributed by atoms with E-state index in [0.717, 1.165) is 10.2 Å². The van der Waals surface area contributed by atoms with Crippen molar-refractivity contribution in [1.29, 1.82) is 0 Å². The molecule has 0 saturated heterocycles. The predicted molar refractivity (Wildman–Crippen MR) is 103 cm³/mol. The Morgan fingerprint density at radius 3 is 2.69 bits per heavy atom. The van der Waals surface area contributed by atoms with Crippen molar-refractivity contribution in [2.75, 3.05) is 18.1 Å². The van der Waals surface area contributed by atoms with Crippen LogP contribution in [-0.4, -0.2) is 30.1 Å². The molecule has 1 amide bonds. The second-order valence-corrected chi connectivity index (χ2v) is 7.68. The van der Waals surface area contributed by atoms with Gasteiger partial charge in [0.25, 0.3) is 5.91 Å². The van der Waals surface area contributed by atoms with Crippen molar-refractivity contribution in [2.24, 2.45) is 5.92 Å². The zero-order valence-electron chi connectivity index (χ0n) is 14.7. The zero-order valence-corrected chi connectivity index (χ0v) is 15.5. The Labute approximate surface area is 156 Å². The van der Waals surface area contributed by atoms with Gasteiger partial charge < -0.3 is 9.47 Å². The number of rotatable bonds is 4. The molecule has 2 heterocycles. The van der Waals surface area contributed by atoms with Crippen LogP contribution in [0.4, 0.5) is 5.13 Å². The minimum absolute atomic E-state index is 0.118. The second kappa shape index (κ2) is 6.96. The van der Waals surface area contributed by atoms with E-state index >= 15 is 0 Å². The van der Waals surface area contributed by atoms with E-state index in [-0.39, 0.29) is 12.5 Å². The SMILES string of the molecule is CC(C)CN(C(=O)[C@H]1COc2ccccc2O1)c1nc2ccccc2s1. The van der Waals surface area contributed by atoms with Gasteiger partial charge in [0, 0.05) is 6.54 Å². The van der Waals surface area contributed by atoms with Gasteiger partial charge in [-0.3, -0.25) is 9.69 Å². The maximum Gasteiger partial charge on any atom is 0.273 e. The highest BCUT2D eigenvalue weighted by molar-refractivity contribution is 7.22. The molecule has 134 valence electrons. The van der Waals surface area contributed by atoms with E-state index < -0.39 is 6.10 Å². The number of carbonyl (C=O) groups excluding carboxylic acids is 1. The van der Waals surface area contributed by atoms with Crippen LogP contribution in [0, 0.1) is 5.92 Å². The number of benzene rings is 2. The van der Waals surface area contributed by atoms with Crippen molar-refractivity contribution in [3.8, 4) is 11.5 Å². The Hall–Kier alpha value is -2.60. The maximum atomic E-state index is 13.2. The largest absolute Gasteiger partial charge is 0.485 e. The van der Waals surface area contributed by atoms with Crippen LogP contribution in [0.3, 0.4) is 0 Å². The number of para-hydroxylation sites is 3. The molecule has 0 spiro atoms. The van der Waals surface area contributed by atoms with Gasteiger partial charge in [-0.1, -0.05) is 49.4 Å². The first-order valence-corrected chi connectivity index (χ1v) is 9.49. The van der Waals surface area contributed by atoms with Gasteiger partial charge >= 0.3 is 0 Å². The second-order valence-electron chi connectivity index (χ2n) is 6.67. The molecule has 3 aromatic rings. The van der Waals surface area contributed by atoms with Crippen LogP contribution in [0.1, 0.15) is 13.8 Å². The molecular weight excluding hydrogens is 348 g/mol. The minimum Gasteiger partial charge on any atom is -0.485 e. The van der Waals surface area contributed by atoms with Crippen molar-refractivity contribution in [2.45, 2.75) is 20.0 Å². The fraction of sp³-hybridized carbons (Fsp3) is 0.300.